The average Bonchev–Trinajstić information content (AvgIpc) is 2.61. The second kappa shape index (κ2) is 3.24. The lowest BCUT2D eigenvalue weighted by atomic mass is 9.81. The van der Waals surface area contributed by atoms with Crippen LogP contribution in [0.2, 0.25) is 0 Å². The van der Waals surface area contributed by atoms with Crippen LogP contribution in [0.5, 0.6) is 0 Å². The Bertz CT molecular complexity index is 186. The second-order valence-corrected chi connectivity index (χ2v) is 4.79. The van der Waals surface area contributed by atoms with Crippen LogP contribution in [-0.4, -0.2) is 0 Å². The molecule has 12 heavy (non-hydrogen) atoms. The molecule has 0 aromatic carbocycles. The number of hydrogen-bond donors (Lipinski definition) is 0. The van der Waals surface area contributed by atoms with Gasteiger partial charge in [-0.05, 0) is 30.6 Å². The van der Waals surface area contributed by atoms with E-state index < -0.39 is 0 Å². The fourth-order valence-corrected chi connectivity index (χ4v) is 2.79. The highest BCUT2D eigenvalue weighted by Crippen LogP contribution is 2.57. The van der Waals surface area contributed by atoms with Gasteiger partial charge in [-0.3, -0.25) is 0 Å². The molecule has 0 radical (unpaired) electrons. The first kappa shape index (κ1) is 9.83. The third-order valence-corrected chi connectivity index (χ3v) is 3.35. The number of hydrogen-bond acceptors (Lipinski definition) is 0. The number of allylic oxidation sites excluding steroid dienone is 2. The van der Waals surface area contributed by atoms with Gasteiger partial charge in [0.25, 0.3) is 0 Å². The van der Waals surface area contributed by atoms with Gasteiger partial charge in [0, 0.05) is 0 Å². The second-order valence-electron chi connectivity index (χ2n) is 4.79. The van der Waals surface area contributed by atoms with Gasteiger partial charge in [0.2, 0.25) is 0 Å². The van der Waals surface area contributed by atoms with E-state index in [-0.39, 0.29) is 0 Å². The minimum absolute atomic E-state index is 0.538. The Morgan fingerprint density at radius 1 is 1.42 bits per heavy atom. The van der Waals surface area contributed by atoms with Crippen LogP contribution in [0, 0.1) is 17.3 Å². The van der Waals surface area contributed by atoms with Gasteiger partial charge in [0.05, 0.1) is 0 Å². The maximum absolute atomic E-state index is 2.41. The lowest BCUT2D eigenvalue weighted by Gasteiger charge is -2.23. The molecule has 2 atom stereocenters. The molecule has 0 saturated heterocycles. The molecule has 0 nitrogen and oxygen atoms in total. The molecular formula is C12H22. The van der Waals surface area contributed by atoms with E-state index >= 15 is 0 Å². The van der Waals surface area contributed by atoms with Crippen molar-refractivity contribution in [2.45, 2.75) is 47.5 Å². The highest BCUT2D eigenvalue weighted by molar-refractivity contribution is 5.30. The summed E-state index contributed by atoms with van der Waals surface area (Å²) in [6.45, 7) is 11.6. The average molecular weight is 166 g/mol. The first-order chi connectivity index (χ1) is 5.54. The molecule has 0 amide bonds. The summed E-state index contributed by atoms with van der Waals surface area (Å²) in [6, 6.07) is 0. The molecule has 1 aliphatic rings. The third-order valence-electron chi connectivity index (χ3n) is 3.35. The molecule has 70 valence electrons. The topological polar surface area (TPSA) is 0 Å². The Hall–Kier alpha value is -0.260. The van der Waals surface area contributed by atoms with Gasteiger partial charge < -0.3 is 0 Å². The van der Waals surface area contributed by atoms with Gasteiger partial charge in [-0.2, -0.15) is 0 Å². The van der Waals surface area contributed by atoms with Gasteiger partial charge in [-0.1, -0.05) is 45.8 Å². The van der Waals surface area contributed by atoms with Crippen LogP contribution < -0.4 is 0 Å². The largest absolute Gasteiger partial charge is 0.0878 e. The molecule has 1 aliphatic carbocycles. The van der Waals surface area contributed by atoms with Gasteiger partial charge in [-0.15, -0.1) is 0 Å². The zero-order chi connectivity index (χ0) is 9.35. The van der Waals surface area contributed by atoms with Crippen molar-refractivity contribution < 1.29 is 0 Å². The van der Waals surface area contributed by atoms with Crippen LogP contribution >= 0.6 is 0 Å². The van der Waals surface area contributed by atoms with Crippen molar-refractivity contribution in [1.29, 1.82) is 0 Å². The molecule has 0 aromatic heterocycles. The van der Waals surface area contributed by atoms with Crippen LogP contribution in [0.1, 0.15) is 47.5 Å². The standard InChI is InChI=1S/C12H22/c1-6-8-12(4,5)11-9(3)10(11)7-2/h7,9,11H,6,8H2,1-5H3. The number of rotatable bonds is 3. The van der Waals surface area contributed by atoms with Gasteiger partial charge in [0.1, 0.15) is 0 Å². The predicted octanol–water partition coefficient (Wildman–Crippen LogP) is 4.02. The highest BCUT2D eigenvalue weighted by Gasteiger charge is 2.48. The zero-order valence-electron chi connectivity index (χ0n) is 9.15. The van der Waals surface area contributed by atoms with E-state index in [1.54, 1.807) is 5.57 Å². The monoisotopic (exact) mass is 166 g/mol. The van der Waals surface area contributed by atoms with Crippen molar-refractivity contribution in [1.82, 2.24) is 0 Å². The maximum atomic E-state index is 2.41. The normalized spacial score (nSPS) is 32.6. The first-order valence-corrected chi connectivity index (χ1v) is 5.20. The van der Waals surface area contributed by atoms with Crippen molar-refractivity contribution in [3.8, 4) is 0 Å². The summed E-state index contributed by atoms with van der Waals surface area (Å²) in [5.41, 5.74) is 2.23. The molecule has 0 aliphatic heterocycles. The van der Waals surface area contributed by atoms with Crippen LogP contribution in [0.25, 0.3) is 0 Å². The van der Waals surface area contributed by atoms with Crippen molar-refractivity contribution >= 4 is 0 Å². The van der Waals surface area contributed by atoms with Crippen LogP contribution in [-0.2, 0) is 0 Å². The molecule has 0 N–H and O–H groups in total. The predicted molar refractivity (Wildman–Crippen MR) is 55.1 cm³/mol. The van der Waals surface area contributed by atoms with Crippen molar-refractivity contribution in [2.24, 2.45) is 17.3 Å². The molecule has 0 heteroatoms. The van der Waals surface area contributed by atoms with Crippen LogP contribution in [0.15, 0.2) is 11.6 Å². The molecule has 0 spiro atoms. The molecule has 2 unspecified atom stereocenters. The Balaban J connectivity index is 2.60. The van der Waals surface area contributed by atoms with Gasteiger partial charge in [-0.25, -0.2) is 0 Å². The minimum Gasteiger partial charge on any atom is -0.0878 e. The third kappa shape index (κ3) is 1.57. The summed E-state index contributed by atoms with van der Waals surface area (Å²) >= 11 is 0. The Labute approximate surface area is 77.1 Å². The van der Waals surface area contributed by atoms with E-state index in [1.165, 1.54) is 12.8 Å². The fraction of sp³-hybridized carbons (Fsp3) is 0.833. The van der Waals surface area contributed by atoms with Gasteiger partial charge in [0.15, 0.2) is 0 Å². The molecule has 1 saturated carbocycles. The van der Waals surface area contributed by atoms with E-state index in [0.717, 1.165) is 11.8 Å². The minimum atomic E-state index is 0.538. The molecule has 1 fully saturated rings. The van der Waals surface area contributed by atoms with E-state index in [0.29, 0.717) is 5.41 Å². The zero-order valence-corrected chi connectivity index (χ0v) is 9.15. The molecule has 0 bridgehead atoms. The van der Waals surface area contributed by atoms with E-state index in [1.807, 2.05) is 0 Å². The Morgan fingerprint density at radius 3 is 2.33 bits per heavy atom. The highest BCUT2D eigenvalue weighted by atomic mass is 14.5. The quantitative estimate of drug-likeness (QED) is 0.555. The summed E-state index contributed by atoms with van der Waals surface area (Å²) in [6.07, 6.45) is 4.99. The summed E-state index contributed by atoms with van der Waals surface area (Å²) in [7, 11) is 0. The van der Waals surface area contributed by atoms with E-state index in [4.69, 9.17) is 0 Å². The smallest absolute Gasteiger partial charge is 0.00860 e. The SMILES string of the molecule is CC=C1C(C)C1C(C)(C)CCC. The van der Waals surface area contributed by atoms with E-state index in [2.05, 4.69) is 40.7 Å². The summed E-state index contributed by atoms with van der Waals surface area (Å²) < 4.78 is 0. The summed E-state index contributed by atoms with van der Waals surface area (Å²) in [4.78, 5) is 0. The molecular weight excluding hydrogens is 144 g/mol. The first-order valence-electron chi connectivity index (χ1n) is 5.20. The van der Waals surface area contributed by atoms with Gasteiger partial charge >= 0.3 is 0 Å². The van der Waals surface area contributed by atoms with Crippen molar-refractivity contribution in [3.05, 3.63) is 11.6 Å². The van der Waals surface area contributed by atoms with Crippen molar-refractivity contribution in [3.63, 3.8) is 0 Å². The van der Waals surface area contributed by atoms with Crippen molar-refractivity contribution in [2.75, 3.05) is 0 Å². The van der Waals surface area contributed by atoms with E-state index in [9.17, 15) is 0 Å². The van der Waals surface area contributed by atoms with Crippen LogP contribution in [0.3, 0.4) is 0 Å². The molecule has 1 rings (SSSR count). The maximum Gasteiger partial charge on any atom is -0.00860 e. The summed E-state index contributed by atoms with van der Waals surface area (Å²) in [5, 5.41) is 0. The fourth-order valence-electron chi connectivity index (χ4n) is 2.79. The Kier molecular flexibility index (Phi) is 2.65. The molecule has 0 aromatic rings. The lowest BCUT2D eigenvalue weighted by molar-refractivity contribution is 0.274. The Morgan fingerprint density at radius 2 is 2.00 bits per heavy atom. The molecule has 0 heterocycles. The van der Waals surface area contributed by atoms with Crippen LogP contribution in [0.4, 0.5) is 0 Å². The summed E-state index contributed by atoms with van der Waals surface area (Å²) in [5.74, 6) is 1.74. The lowest BCUT2D eigenvalue weighted by Crippen LogP contribution is -2.14.